The first-order valence-corrected chi connectivity index (χ1v) is 12.9. The standard InChI is InChI=1S/C26H23N5O4S/c32-25(30-14-16-31(17-15-30)26(33)21-6-2-12-27-18-21)20-8-10-22(11-9-20)29-36(34,35)23-7-1-4-19-5-3-13-28-24(19)23/h1-13,18,29H,14-17H2. The predicted octanol–water partition coefficient (Wildman–Crippen LogP) is 3.03. The van der Waals surface area contributed by atoms with Gasteiger partial charge in [-0.05, 0) is 48.5 Å². The van der Waals surface area contributed by atoms with Crippen molar-refractivity contribution in [1.29, 1.82) is 0 Å². The summed E-state index contributed by atoms with van der Waals surface area (Å²) < 4.78 is 28.6. The van der Waals surface area contributed by atoms with E-state index in [0.29, 0.717) is 48.5 Å². The number of aromatic nitrogens is 2. The van der Waals surface area contributed by atoms with Gasteiger partial charge in [0.25, 0.3) is 21.8 Å². The third kappa shape index (κ3) is 4.76. The summed E-state index contributed by atoms with van der Waals surface area (Å²) in [6.45, 7) is 1.67. The maximum Gasteiger partial charge on any atom is 0.264 e. The largest absolute Gasteiger partial charge is 0.335 e. The number of piperazine rings is 1. The van der Waals surface area contributed by atoms with Gasteiger partial charge in [0.2, 0.25) is 0 Å². The van der Waals surface area contributed by atoms with E-state index in [0.717, 1.165) is 5.39 Å². The number of sulfonamides is 1. The molecule has 1 fully saturated rings. The van der Waals surface area contributed by atoms with E-state index in [1.165, 1.54) is 12.3 Å². The molecular formula is C26H23N5O4S. The molecule has 10 heteroatoms. The smallest absolute Gasteiger partial charge is 0.264 e. The number of benzene rings is 2. The van der Waals surface area contributed by atoms with E-state index >= 15 is 0 Å². The summed E-state index contributed by atoms with van der Waals surface area (Å²) in [6.07, 6.45) is 4.70. The van der Waals surface area contributed by atoms with Crippen LogP contribution in [-0.2, 0) is 10.0 Å². The second-order valence-electron chi connectivity index (χ2n) is 8.34. The molecule has 2 amide bonds. The lowest BCUT2D eigenvalue weighted by Crippen LogP contribution is -2.50. The van der Waals surface area contributed by atoms with Crippen LogP contribution in [0.4, 0.5) is 5.69 Å². The number of fused-ring (bicyclic) bond motifs is 1. The normalized spacial score (nSPS) is 14.0. The van der Waals surface area contributed by atoms with Crippen molar-refractivity contribution in [3.63, 3.8) is 0 Å². The third-order valence-corrected chi connectivity index (χ3v) is 7.44. The maximum absolute atomic E-state index is 13.0. The average Bonchev–Trinajstić information content (AvgIpc) is 2.93. The molecule has 0 spiro atoms. The van der Waals surface area contributed by atoms with Crippen LogP contribution < -0.4 is 4.72 Å². The Morgan fingerprint density at radius 1 is 0.750 bits per heavy atom. The first-order valence-electron chi connectivity index (χ1n) is 11.4. The maximum atomic E-state index is 13.0. The van der Waals surface area contributed by atoms with Gasteiger partial charge in [0.15, 0.2) is 0 Å². The number of anilines is 1. The predicted molar refractivity (Wildman–Crippen MR) is 135 cm³/mol. The van der Waals surface area contributed by atoms with Gasteiger partial charge in [0.05, 0.1) is 11.1 Å². The molecule has 182 valence electrons. The summed E-state index contributed by atoms with van der Waals surface area (Å²) in [7, 11) is -3.88. The summed E-state index contributed by atoms with van der Waals surface area (Å²) in [6, 6.07) is 18.3. The number of amides is 2. The van der Waals surface area contributed by atoms with Gasteiger partial charge in [-0.15, -0.1) is 0 Å². The summed E-state index contributed by atoms with van der Waals surface area (Å²) in [4.78, 5) is 37.3. The Morgan fingerprint density at radius 3 is 2.06 bits per heavy atom. The van der Waals surface area contributed by atoms with Crippen LogP contribution in [0.15, 0.2) is 90.2 Å². The van der Waals surface area contributed by atoms with E-state index in [2.05, 4.69) is 14.7 Å². The van der Waals surface area contributed by atoms with Crippen molar-refractivity contribution in [3.05, 3.63) is 96.4 Å². The van der Waals surface area contributed by atoms with Crippen LogP contribution in [0.25, 0.3) is 10.9 Å². The minimum Gasteiger partial charge on any atom is -0.335 e. The second-order valence-corrected chi connectivity index (χ2v) is 9.99. The number of carbonyl (C=O) groups excluding carboxylic acids is 2. The van der Waals surface area contributed by atoms with E-state index in [9.17, 15) is 18.0 Å². The summed E-state index contributed by atoms with van der Waals surface area (Å²) >= 11 is 0. The molecule has 2 aromatic carbocycles. The fourth-order valence-electron chi connectivity index (χ4n) is 4.15. The lowest BCUT2D eigenvalue weighted by atomic mass is 10.1. The molecule has 0 saturated carbocycles. The molecule has 0 aliphatic carbocycles. The molecule has 1 saturated heterocycles. The lowest BCUT2D eigenvalue weighted by Gasteiger charge is -2.34. The van der Waals surface area contributed by atoms with E-state index in [4.69, 9.17) is 0 Å². The highest BCUT2D eigenvalue weighted by Gasteiger charge is 2.26. The van der Waals surface area contributed by atoms with Gasteiger partial charge in [-0.1, -0.05) is 18.2 Å². The summed E-state index contributed by atoms with van der Waals surface area (Å²) in [5, 5.41) is 0.726. The van der Waals surface area contributed by atoms with E-state index in [1.54, 1.807) is 82.9 Å². The number of hydrogen-bond acceptors (Lipinski definition) is 6. The van der Waals surface area contributed by atoms with E-state index in [-0.39, 0.29) is 16.7 Å². The fraction of sp³-hybridized carbons (Fsp3) is 0.154. The third-order valence-electron chi connectivity index (χ3n) is 6.03. The highest BCUT2D eigenvalue weighted by Crippen LogP contribution is 2.23. The van der Waals surface area contributed by atoms with Crippen LogP contribution in [-0.4, -0.2) is 66.2 Å². The molecular weight excluding hydrogens is 478 g/mol. The van der Waals surface area contributed by atoms with Crippen molar-refractivity contribution < 1.29 is 18.0 Å². The van der Waals surface area contributed by atoms with Gasteiger partial charge in [-0.25, -0.2) is 8.42 Å². The number of nitrogens with zero attached hydrogens (tertiary/aromatic N) is 4. The molecule has 3 heterocycles. The molecule has 1 N–H and O–H groups in total. The SMILES string of the molecule is O=C(c1ccc(NS(=O)(=O)c2cccc3cccnc23)cc1)N1CCN(C(=O)c2cccnc2)CC1. The molecule has 0 unspecified atom stereocenters. The number of carbonyl (C=O) groups is 2. The Morgan fingerprint density at radius 2 is 1.39 bits per heavy atom. The van der Waals surface area contributed by atoms with Gasteiger partial charge in [0.1, 0.15) is 4.90 Å². The fourth-order valence-corrected chi connectivity index (χ4v) is 5.39. The molecule has 0 atom stereocenters. The Labute approximate surface area is 208 Å². The molecule has 0 radical (unpaired) electrons. The van der Waals surface area contributed by atoms with Crippen molar-refractivity contribution >= 4 is 38.4 Å². The van der Waals surface area contributed by atoms with Crippen LogP contribution in [0, 0.1) is 0 Å². The first kappa shape index (κ1) is 23.4. The molecule has 1 aliphatic heterocycles. The van der Waals surface area contributed by atoms with Crippen molar-refractivity contribution in [2.24, 2.45) is 0 Å². The van der Waals surface area contributed by atoms with E-state index in [1.807, 2.05) is 0 Å². The molecule has 5 rings (SSSR count). The van der Waals surface area contributed by atoms with Crippen molar-refractivity contribution in [3.8, 4) is 0 Å². The lowest BCUT2D eigenvalue weighted by molar-refractivity contribution is 0.0535. The van der Waals surface area contributed by atoms with Gasteiger partial charge >= 0.3 is 0 Å². The second kappa shape index (κ2) is 9.74. The van der Waals surface area contributed by atoms with Gasteiger partial charge in [-0.3, -0.25) is 24.3 Å². The monoisotopic (exact) mass is 501 g/mol. The van der Waals surface area contributed by atoms with Crippen LogP contribution in [0.2, 0.25) is 0 Å². The highest BCUT2D eigenvalue weighted by atomic mass is 32.2. The molecule has 36 heavy (non-hydrogen) atoms. The highest BCUT2D eigenvalue weighted by molar-refractivity contribution is 7.93. The summed E-state index contributed by atoms with van der Waals surface area (Å²) in [5.41, 5.74) is 1.69. The number of rotatable bonds is 5. The molecule has 4 aromatic rings. The Hall–Kier alpha value is -4.31. The first-order chi connectivity index (χ1) is 17.4. The zero-order valence-electron chi connectivity index (χ0n) is 19.2. The van der Waals surface area contributed by atoms with Crippen molar-refractivity contribution in [1.82, 2.24) is 19.8 Å². The van der Waals surface area contributed by atoms with Gasteiger partial charge in [-0.2, -0.15) is 0 Å². The Kier molecular flexibility index (Phi) is 6.34. The minimum absolute atomic E-state index is 0.0828. The van der Waals surface area contributed by atoms with Crippen molar-refractivity contribution in [2.45, 2.75) is 4.90 Å². The quantitative estimate of drug-likeness (QED) is 0.450. The number of nitrogens with one attached hydrogen (secondary N) is 1. The van der Waals surface area contributed by atoms with Crippen LogP contribution >= 0.6 is 0 Å². The molecule has 1 aliphatic rings. The molecule has 2 aromatic heterocycles. The molecule has 0 bridgehead atoms. The zero-order chi connectivity index (χ0) is 25.1. The number of para-hydroxylation sites is 1. The Bertz CT molecular complexity index is 1510. The number of hydrogen-bond donors (Lipinski definition) is 1. The minimum atomic E-state index is -3.88. The van der Waals surface area contributed by atoms with Crippen molar-refractivity contribution in [2.75, 3.05) is 30.9 Å². The van der Waals surface area contributed by atoms with Crippen LogP contribution in [0.5, 0.6) is 0 Å². The molecule has 9 nitrogen and oxygen atoms in total. The zero-order valence-corrected chi connectivity index (χ0v) is 20.1. The van der Waals surface area contributed by atoms with Gasteiger partial charge in [0, 0.05) is 61.4 Å². The number of pyridine rings is 2. The topological polar surface area (TPSA) is 113 Å². The summed E-state index contributed by atoms with van der Waals surface area (Å²) in [5.74, 6) is -0.274. The average molecular weight is 502 g/mol. The van der Waals surface area contributed by atoms with Crippen LogP contribution in [0.3, 0.4) is 0 Å². The van der Waals surface area contributed by atoms with Crippen LogP contribution in [0.1, 0.15) is 20.7 Å². The van der Waals surface area contributed by atoms with E-state index < -0.39 is 10.0 Å². The Balaban J connectivity index is 1.23. The van der Waals surface area contributed by atoms with Gasteiger partial charge < -0.3 is 9.80 Å².